The summed E-state index contributed by atoms with van der Waals surface area (Å²) in [6.07, 6.45) is 2.12. The van der Waals surface area contributed by atoms with Gasteiger partial charge in [-0.15, -0.1) is 0 Å². The fourth-order valence-corrected chi connectivity index (χ4v) is 2.99. The molecule has 21 heavy (non-hydrogen) atoms. The predicted molar refractivity (Wildman–Crippen MR) is 84.2 cm³/mol. The summed E-state index contributed by atoms with van der Waals surface area (Å²) in [5.74, 6) is -0.0522. The SMILES string of the molecule is CCCN(CCC(=O)N(C)Cc1ccccc1)S(C)(=O)=O. The second kappa shape index (κ2) is 8.14. The molecule has 0 unspecified atom stereocenters. The molecule has 0 aliphatic carbocycles. The average Bonchev–Trinajstić information content (AvgIpc) is 2.42. The van der Waals surface area contributed by atoms with Crippen molar-refractivity contribution in [3.8, 4) is 0 Å². The number of nitrogens with zero attached hydrogens (tertiary/aromatic N) is 2. The summed E-state index contributed by atoms with van der Waals surface area (Å²) in [4.78, 5) is 13.7. The monoisotopic (exact) mass is 312 g/mol. The molecule has 1 rings (SSSR count). The molecule has 0 aromatic heterocycles. The summed E-state index contributed by atoms with van der Waals surface area (Å²) in [7, 11) is -1.51. The molecule has 6 heteroatoms. The summed E-state index contributed by atoms with van der Waals surface area (Å²) in [5, 5.41) is 0. The van der Waals surface area contributed by atoms with Gasteiger partial charge >= 0.3 is 0 Å². The van der Waals surface area contributed by atoms with Gasteiger partial charge in [0.15, 0.2) is 0 Å². The predicted octanol–water partition coefficient (Wildman–Crippen LogP) is 1.71. The van der Waals surface area contributed by atoms with Crippen LogP contribution in [0.2, 0.25) is 0 Å². The highest BCUT2D eigenvalue weighted by Gasteiger charge is 2.18. The van der Waals surface area contributed by atoms with Crippen LogP contribution in [0.15, 0.2) is 30.3 Å². The van der Waals surface area contributed by atoms with Crippen LogP contribution in [0.3, 0.4) is 0 Å². The van der Waals surface area contributed by atoms with Crippen LogP contribution in [0.1, 0.15) is 25.3 Å². The summed E-state index contributed by atoms with van der Waals surface area (Å²) >= 11 is 0. The highest BCUT2D eigenvalue weighted by Crippen LogP contribution is 2.06. The molecule has 0 radical (unpaired) electrons. The van der Waals surface area contributed by atoms with Crippen LogP contribution in [0.4, 0.5) is 0 Å². The van der Waals surface area contributed by atoms with E-state index in [2.05, 4.69) is 0 Å². The van der Waals surface area contributed by atoms with E-state index in [0.29, 0.717) is 13.1 Å². The maximum Gasteiger partial charge on any atom is 0.223 e. The van der Waals surface area contributed by atoms with Crippen molar-refractivity contribution in [3.63, 3.8) is 0 Å². The minimum atomic E-state index is -3.24. The van der Waals surface area contributed by atoms with Crippen molar-refractivity contribution in [1.82, 2.24) is 9.21 Å². The lowest BCUT2D eigenvalue weighted by Crippen LogP contribution is -2.35. The van der Waals surface area contributed by atoms with Crippen molar-refractivity contribution in [2.45, 2.75) is 26.3 Å². The van der Waals surface area contributed by atoms with E-state index < -0.39 is 10.0 Å². The Bertz CT molecular complexity index is 543. The van der Waals surface area contributed by atoms with Gasteiger partial charge < -0.3 is 4.90 Å². The number of amides is 1. The molecule has 0 saturated carbocycles. The minimum absolute atomic E-state index is 0.0522. The Kier molecular flexibility index (Phi) is 6.84. The molecule has 0 fully saturated rings. The third-order valence-electron chi connectivity index (χ3n) is 3.21. The Labute approximate surface area is 127 Å². The lowest BCUT2D eigenvalue weighted by molar-refractivity contribution is -0.130. The van der Waals surface area contributed by atoms with Gasteiger partial charge in [-0.2, -0.15) is 0 Å². The second-order valence-electron chi connectivity index (χ2n) is 5.15. The zero-order valence-corrected chi connectivity index (χ0v) is 13.8. The van der Waals surface area contributed by atoms with E-state index in [4.69, 9.17) is 0 Å². The standard InChI is InChI=1S/C15H24N2O3S/c1-4-11-17(21(3,19)20)12-10-15(18)16(2)13-14-8-6-5-7-9-14/h5-9H,4,10-13H2,1-3H3. The molecule has 0 heterocycles. The van der Waals surface area contributed by atoms with Gasteiger partial charge in [0.25, 0.3) is 0 Å². The fraction of sp³-hybridized carbons (Fsp3) is 0.533. The number of carbonyl (C=O) groups is 1. The van der Waals surface area contributed by atoms with E-state index >= 15 is 0 Å². The molecule has 0 aliphatic rings. The number of rotatable bonds is 8. The first kappa shape index (κ1) is 17.7. The molecule has 118 valence electrons. The molecule has 0 N–H and O–H groups in total. The minimum Gasteiger partial charge on any atom is -0.341 e. The molecular weight excluding hydrogens is 288 g/mol. The first-order valence-electron chi connectivity index (χ1n) is 7.07. The number of hydrogen-bond acceptors (Lipinski definition) is 3. The molecular formula is C15H24N2O3S. The van der Waals surface area contributed by atoms with E-state index in [1.807, 2.05) is 37.3 Å². The number of hydrogen-bond donors (Lipinski definition) is 0. The van der Waals surface area contributed by atoms with Gasteiger partial charge in [0.1, 0.15) is 0 Å². The Balaban J connectivity index is 2.52. The third kappa shape index (κ3) is 6.27. The molecule has 1 aromatic rings. The van der Waals surface area contributed by atoms with Crippen molar-refractivity contribution in [2.75, 3.05) is 26.4 Å². The van der Waals surface area contributed by atoms with Gasteiger partial charge in [-0.1, -0.05) is 37.3 Å². The van der Waals surface area contributed by atoms with Gasteiger partial charge in [-0.3, -0.25) is 4.79 Å². The van der Waals surface area contributed by atoms with Crippen molar-refractivity contribution >= 4 is 15.9 Å². The number of sulfonamides is 1. The first-order chi connectivity index (χ1) is 9.84. The van der Waals surface area contributed by atoms with Crippen molar-refractivity contribution in [3.05, 3.63) is 35.9 Å². The average molecular weight is 312 g/mol. The van der Waals surface area contributed by atoms with Gasteiger partial charge in [0.2, 0.25) is 15.9 Å². The molecule has 1 aromatic carbocycles. The largest absolute Gasteiger partial charge is 0.341 e. The van der Waals surface area contributed by atoms with E-state index in [9.17, 15) is 13.2 Å². The fourth-order valence-electron chi connectivity index (χ4n) is 2.05. The van der Waals surface area contributed by atoms with E-state index in [0.717, 1.165) is 12.0 Å². The lowest BCUT2D eigenvalue weighted by Gasteiger charge is -2.21. The van der Waals surface area contributed by atoms with Crippen LogP contribution in [0, 0.1) is 0 Å². The van der Waals surface area contributed by atoms with E-state index in [-0.39, 0.29) is 18.9 Å². The molecule has 0 saturated heterocycles. The summed E-state index contributed by atoms with van der Waals surface area (Å²) in [6, 6.07) is 9.72. The van der Waals surface area contributed by atoms with Crippen LogP contribution in [0.25, 0.3) is 0 Å². The number of benzene rings is 1. The van der Waals surface area contributed by atoms with Crippen molar-refractivity contribution in [2.24, 2.45) is 0 Å². The maximum atomic E-state index is 12.1. The van der Waals surface area contributed by atoms with Crippen molar-refractivity contribution < 1.29 is 13.2 Å². The van der Waals surface area contributed by atoms with Crippen LogP contribution in [-0.4, -0.2) is 49.9 Å². The molecule has 0 spiro atoms. The van der Waals surface area contributed by atoms with E-state index in [1.165, 1.54) is 10.6 Å². The van der Waals surface area contributed by atoms with Crippen LogP contribution < -0.4 is 0 Å². The molecule has 0 bridgehead atoms. The third-order valence-corrected chi connectivity index (χ3v) is 4.51. The maximum absolute atomic E-state index is 12.1. The Morgan fingerprint density at radius 1 is 1.14 bits per heavy atom. The molecule has 0 atom stereocenters. The van der Waals surface area contributed by atoms with Gasteiger partial charge in [0, 0.05) is 33.1 Å². The summed E-state index contributed by atoms with van der Waals surface area (Å²) in [5.41, 5.74) is 1.06. The Hall–Kier alpha value is -1.40. The van der Waals surface area contributed by atoms with Crippen LogP contribution in [-0.2, 0) is 21.4 Å². The summed E-state index contributed by atoms with van der Waals surface area (Å²) < 4.78 is 24.6. The van der Waals surface area contributed by atoms with Gasteiger partial charge in [0.05, 0.1) is 6.26 Å². The molecule has 1 amide bonds. The first-order valence-corrected chi connectivity index (χ1v) is 8.92. The quantitative estimate of drug-likeness (QED) is 0.734. The topological polar surface area (TPSA) is 57.7 Å². The summed E-state index contributed by atoms with van der Waals surface area (Å²) in [6.45, 7) is 3.15. The highest BCUT2D eigenvalue weighted by molar-refractivity contribution is 7.88. The smallest absolute Gasteiger partial charge is 0.223 e. The second-order valence-corrected chi connectivity index (χ2v) is 7.13. The van der Waals surface area contributed by atoms with Gasteiger partial charge in [-0.25, -0.2) is 12.7 Å². The lowest BCUT2D eigenvalue weighted by atomic mass is 10.2. The van der Waals surface area contributed by atoms with Crippen molar-refractivity contribution in [1.29, 1.82) is 0 Å². The zero-order valence-electron chi connectivity index (χ0n) is 12.9. The Morgan fingerprint density at radius 2 is 1.76 bits per heavy atom. The highest BCUT2D eigenvalue weighted by atomic mass is 32.2. The molecule has 0 aliphatic heterocycles. The zero-order chi connectivity index (χ0) is 15.9. The normalized spacial score (nSPS) is 11.6. The number of carbonyl (C=O) groups excluding carboxylic acids is 1. The molecule has 5 nitrogen and oxygen atoms in total. The van der Waals surface area contributed by atoms with Gasteiger partial charge in [-0.05, 0) is 12.0 Å². The van der Waals surface area contributed by atoms with E-state index in [1.54, 1.807) is 11.9 Å². The van der Waals surface area contributed by atoms with Crippen LogP contribution in [0.5, 0.6) is 0 Å². The van der Waals surface area contributed by atoms with Crippen LogP contribution >= 0.6 is 0 Å². The Morgan fingerprint density at radius 3 is 2.29 bits per heavy atom.